The number of anilines is 1. The number of carbonyl (C=O) groups is 2. The van der Waals surface area contributed by atoms with Crippen molar-refractivity contribution in [1.29, 1.82) is 0 Å². The first kappa shape index (κ1) is 14.0. The van der Waals surface area contributed by atoms with E-state index < -0.39 is 11.9 Å². The molecule has 1 aliphatic heterocycles. The molecule has 7 heteroatoms. The lowest BCUT2D eigenvalue weighted by Crippen LogP contribution is -2.28. The first-order chi connectivity index (χ1) is 9.06. The summed E-state index contributed by atoms with van der Waals surface area (Å²) < 4.78 is 5.37. The van der Waals surface area contributed by atoms with E-state index in [-0.39, 0.29) is 25.5 Å². The first-order valence-corrected chi connectivity index (χ1v) is 6.49. The number of rotatable bonds is 3. The van der Waals surface area contributed by atoms with Crippen LogP contribution in [0.15, 0.2) is 16.7 Å². The van der Waals surface area contributed by atoms with Gasteiger partial charge in [0.25, 0.3) is 0 Å². The molecular formula is C12H13BrN2O4. The minimum atomic E-state index is -0.477. The molecule has 2 heterocycles. The number of hydrogen-bond acceptors (Lipinski definition) is 5. The maximum Gasteiger partial charge on any atom is 0.311 e. The van der Waals surface area contributed by atoms with E-state index in [4.69, 9.17) is 0 Å². The number of nitrogens with zero attached hydrogens (tertiary/aromatic N) is 2. The van der Waals surface area contributed by atoms with Crippen LogP contribution in [-0.4, -0.2) is 35.6 Å². The molecule has 0 radical (unpaired) electrons. The van der Waals surface area contributed by atoms with Crippen LogP contribution in [0, 0.1) is 5.92 Å². The van der Waals surface area contributed by atoms with E-state index in [1.165, 1.54) is 12.0 Å². The molecule has 2 rings (SSSR count). The first-order valence-electron chi connectivity index (χ1n) is 5.70. The number of hydrogen-bond donors (Lipinski definition) is 1. The topological polar surface area (TPSA) is 79.7 Å². The molecule has 1 fully saturated rings. The van der Waals surface area contributed by atoms with Crippen molar-refractivity contribution in [3.8, 4) is 0 Å². The Balaban J connectivity index is 2.28. The van der Waals surface area contributed by atoms with Crippen LogP contribution in [0.5, 0.6) is 0 Å². The molecule has 1 unspecified atom stereocenters. The molecule has 0 bridgehead atoms. The number of esters is 1. The Morgan fingerprint density at radius 2 is 2.42 bits per heavy atom. The van der Waals surface area contributed by atoms with Crippen LogP contribution in [0.4, 0.5) is 5.82 Å². The van der Waals surface area contributed by atoms with Gasteiger partial charge in [-0.1, -0.05) is 0 Å². The third kappa shape index (κ3) is 2.76. The zero-order valence-corrected chi connectivity index (χ0v) is 11.9. The summed E-state index contributed by atoms with van der Waals surface area (Å²) in [6, 6.07) is 1.70. The summed E-state index contributed by atoms with van der Waals surface area (Å²) in [5.41, 5.74) is 0.535. The van der Waals surface area contributed by atoms with Crippen LogP contribution in [0.2, 0.25) is 0 Å². The van der Waals surface area contributed by atoms with Crippen LogP contribution >= 0.6 is 15.9 Å². The summed E-state index contributed by atoms with van der Waals surface area (Å²) >= 11 is 3.26. The highest BCUT2D eigenvalue weighted by atomic mass is 79.9. The van der Waals surface area contributed by atoms with Crippen molar-refractivity contribution in [3.63, 3.8) is 0 Å². The molecule has 102 valence electrons. The average Bonchev–Trinajstić information content (AvgIpc) is 2.79. The van der Waals surface area contributed by atoms with Gasteiger partial charge in [0.2, 0.25) is 5.91 Å². The molecule has 6 nitrogen and oxygen atoms in total. The summed E-state index contributed by atoms with van der Waals surface area (Å²) in [5, 5.41) is 9.32. The summed E-state index contributed by atoms with van der Waals surface area (Å²) in [4.78, 5) is 29.0. The van der Waals surface area contributed by atoms with Crippen LogP contribution in [-0.2, 0) is 20.9 Å². The van der Waals surface area contributed by atoms with E-state index in [1.807, 2.05) is 0 Å². The number of amides is 1. The van der Waals surface area contributed by atoms with E-state index in [2.05, 4.69) is 25.7 Å². The number of aliphatic hydroxyl groups excluding tert-OH is 1. The fourth-order valence-electron chi connectivity index (χ4n) is 2.07. The number of aliphatic hydroxyl groups is 1. The van der Waals surface area contributed by atoms with Crippen LogP contribution < -0.4 is 4.90 Å². The highest BCUT2D eigenvalue weighted by Crippen LogP contribution is 2.28. The van der Waals surface area contributed by atoms with Crippen molar-refractivity contribution in [3.05, 3.63) is 22.3 Å². The molecule has 0 aromatic carbocycles. The zero-order chi connectivity index (χ0) is 14.0. The highest BCUT2D eigenvalue weighted by Gasteiger charge is 2.37. The van der Waals surface area contributed by atoms with E-state index >= 15 is 0 Å². The van der Waals surface area contributed by atoms with Crippen LogP contribution in [0.3, 0.4) is 0 Å². The Morgan fingerprint density at radius 3 is 3.05 bits per heavy atom. The Kier molecular flexibility index (Phi) is 4.16. The van der Waals surface area contributed by atoms with Gasteiger partial charge in [0.05, 0.1) is 19.6 Å². The second-order valence-corrected chi connectivity index (χ2v) is 5.14. The van der Waals surface area contributed by atoms with Crippen molar-refractivity contribution in [2.45, 2.75) is 13.0 Å². The molecule has 1 aliphatic rings. The smallest absolute Gasteiger partial charge is 0.311 e. The van der Waals surface area contributed by atoms with Crippen molar-refractivity contribution < 1.29 is 19.4 Å². The van der Waals surface area contributed by atoms with E-state index in [1.54, 1.807) is 12.3 Å². The van der Waals surface area contributed by atoms with E-state index in [0.29, 0.717) is 11.4 Å². The molecule has 1 saturated heterocycles. The number of ether oxygens (including phenoxy) is 1. The normalized spacial score (nSPS) is 18.8. The van der Waals surface area contributed by atoms with Gasteiger partial charge in [0, 0.05) is 29.2 Å². The Morgan fingerprint density at radius 1 is 1.68 bits per heavy atom. The number of methoxy groups -OCH3 is 1. The third-order valence-electron chi connectivity index (χ3n) is 3.00. The average molecular weight is 329 g/mol. The second kappa shape index (κ2) is 5.66. The van der Waals surface area contributed by atoms with E-state index in [0.717, 1.165) is 4.47 Å². The molecule has 19 heavy (non-hydrogen) atoms. The van der Waals surface area contributed by atoms with Crippen LogP contribution in [0.1, 0.15) is 12.0 Å². The third-order valence-corrected chi connectivity index (χ3v) is 3.43. The fourth-order valence-corrected chi connectivity index (χ4v) is 2.45. The van der Waals surface area contributed by atoms with Gasteiger partial charge >= 0.3 is 5.97 Å². The molecule has 1 amide bonds. The van der Waals surface area contributed by atoms with Crippen molar-refractivity contribution >= 4 is 33.6 Å². The maximum absolute atomic E-state index is 11.9. The molecule has 1 atom stereocenters. The fraction of sp³-hybridized carbons (Fsp3) is 0.417. The zero-order valence-electron chi connectivity index (χ0n) is 10.3. The predicted octanol–water partition coefficient (Wildman–Crippen LogP) is 0.862. The lowest BCUT2D eigenvalue weighted by Gasteiger charge is -2.18. The SMILES string of the molecule is COC(=O)C1CC(=O)N(c2ncc(Br)cc2CO)C1. The lowest BCUT2D eigenvalue weighted by atomic mass is 10.1. The number of pyridine rings is 1. The maximum atomic E-state index is 11.9. The predicted molar refractivity (Wildman–Crippen MR) is 70.3 cm³/mol. The van der Waals surface area contributed by atoms with Gasteiger partial charge in [-0.2, -0.15) is 0 Å². The molecule has 1 aromatic rings. The summed E-state index contributed by atoms with van der Waals surface area (Å²) in [6.07, 6.45) is 1.66. The largest absolute Gasteiger partial charge is 0.469 e. The standard InChI is InChI=1S/C12H13BrN2O4/c1-19-12(18)7-3-10(17)15(5-7)11-8(6-16)2-9(13)4-14-11/h2,4,7,16H,3,5-6H2,1H3. The molecule has 0 aliphatic carbocycles. The number of aromatic nitrogens is 1. The Hall–Kier alpha value is -1.47. The molecule has 1 aromatic heterocycles. The highest BCUT2D eigenvalue weighted by molar-refractivity contribution is 9.10. The van der Waals surface area contributed by atoms with Gasteiger partial charge < -0.3 is 9.84 Å². The summed E-state index contributed by atoms with van der Waals surface area (Å²) in [7, 11) is 1.30. The minimum absolute atomic E-state index is 0.106. The van der Waals surface area contributed by atoms with Crippen LogP contribution in [0.25, 0.3) is 0 Å². The lowest BCUT2D eigenvalue weighted by molar-refractivity contribution is -0.145. The minimum Gasteiger partial charge on any atom is -0.469 e. The van der Waals surface area contributed by atoms with Gasteiger partial charge in [-0.3, -0.25) is 14.5 Å². The quantitative estimate of drug-likeness (QED) is 0.832. The second-order valence-electron chi connectivity index (χ2n) is 4.22. The number of halogens is 1. The molecule has 1 N–H and O–H groups in total. The van der Waals surface area contributed by atoms with Crippen molar-refractivity contribution in [2.24, 2.45) is 5.92 Å². The monoisotopic (exact) mass is 328 g/mol. The van der Waals surface area contributed by atoms with Gasteiger partial charge in [0.15, 0.2) is 0 Å². The van der Waals surface area contributed by atoms with E-state index in [9.17, 15) is 14.7 Å². The molecule has 0 saturated carbocycles. The Bertz CT molecular complexity index is 520. The van der Waals surface area contributed by atoms with Gasteiger partial charge in [-0.15, -0.1) is 0 Å². The molecular weight excluding hydrogens is 316 g/mol. The van der Waals surface area contributed by atoms with Crippen molar-refractivity contribution in [1.82, 2.24) is 4.98 Å². The van der Waals surface area contributed by atoms with Crippen molar-refractivity contribution in [2.75, 3.05) is 18.6 Å². The Labute approximate surface area is 118 Å². The van der Waals surface area contributed by atoms with Gasteiger partial charge in [-0.05, 0) is 22.0 Å². The van der Waals surface area contributed by atoms with Gasteiger partial charge in [-0.25, -0.2) is 4.98 Å². The molecule has 0 spiro atoms. The summed E-state index contributed by atoms with van der Waals surface area (Å²) in [6.45, 7) is 0.00157. The summed E-state index contributed by atoms with van der Waals surface area (Å²) in [5.74, 6) is -0.685. The van der Waals surface area contributed by atoms with Gasteiger partial charge in [0.1, 0.15) is 5.82 Å². The number of carbonyl (C=O) groups excluding carboxylic acids is 2.